The number of aromatic nitrogens is 2. The molecule has 186 valence electrons. The number of nitrogens with zero attached hydrogens (tertiary/aromatic N) is 2. The largest absolute Gasteiger partial charge is 0.412 e. The van der Waals surface area contributed by atoms with Crippen molar-refractivity contribution in [3.8, 4) is 0 Å². The van der Waals surface area contributed by atoms with E-state index >= 15 is 0 Å². The normalized spacial score (nSPS) is 18.8. The Kier molecular flexibility index (Phi) is 8.72. The van der Waals surface area contributed by atoms with Crippen LogP contribution in [0.3, 0.4) is 0 Å². The van der Waals surface area contributed by atoms with Gasteiger partial charge in [0.25, 0.3) is 5.91 Å². The van der Waals surface area contributed by atoms with E-state index in [4.69, 9.17) is 9.16 Å². The number of hydrogen-bond donors (Lipinski definition) is 1. The Morgan fingerprint density at radius 1 is 1.21 bits per heavy atom. The van der Waals surface area contributed by atoms with Gasteiger partial charge < -0.3 is 14.5 Å². The van der Waals surface area contributed by atoms with Crippen LogP contribution in [0.25, 0.3) is 0 Å². The molecule has 1 saturated heterocycles. The highest BCUT2D eigenvalue weighted by Crippen LogP contribution is 2.44. The van der Waals surface area contributed by atoms with Crippen molar-refractivity contribution >= 4 is 31.8 Å². The van der Waals surface area contributed by atoms with E-state index in [1.165, 1.54) is 16.3 Å². The third-order valence-electron chi connectivity index (χ3n) is 6.40. The van der Waals surface area contributed by atoms with Crippen molar-refractivity contribution in [3.63, 3.8) is 0 Å². The molecule has 1 aromatic heterocycles. The fourth-order valence-electron chi connectivity index (χ4n) is 4.90. The number of hydrogen-bond acceptors (Lipinski definition) is 6. The van der Waals surface area contributed by atoms with Gasteiger partial charge in [-0.2, -0.15) is 4.98 Å². The van der Waals surface area contributed by atoms with E-state index in [0.29, 0.717) is 28.8 Å². The molecule has 0 spiro atoms. The first-order valence-electron chi connectivity index (χ1n) is 11.6. The molecule has 2 heterocycles. The Labute approximate surface area is 205 Å². The minimum absolute atomic E-state index is 0.245. The van der Waals surface area contributed by atoms with Crippen LogP contribution in [0.15, 0.2) is 41.3 Å². The van der Waals surface area contributed by atoms with Crippen molar-refractivity contribution in [2.75, 3.05) is 18.5 Å². The van der Waals surface area contributed by atoms with Gasteiger partial charge in [0, 0.05) is 11.8 Å². The Balaban J connectivity index is 1.68. The standard InChI is InChI=1S/C24H34FN3O4SSi/c1-15(2)34(16(3)4,17(5)6)32-14-21-31-13-20(33-21)28-12-19(25)22(27-24(28)30)26-23(29)18-10-8-7-9-11-18/h7-12,15-17,20-21H,13-14H2,1-6H3,(H,26,27,29,30)/t20-,21-/m0/s1. The Hall–Kier alpha value is -2.01. The van der Waals surface area contributed by atoms with Crippen LogP contribution in [0.1, 0.15) is 57.3 Å². The maximum atomic E-state index is 14.7. The van der Waals surface area contributed by atoms with E-state index in [2.05, 4.69) is 51.8 Å². The molecular weight excluding hydrogens is 473 g/mol. The molecule has 3 rings (SSSR count). The van der Waals surface area contributed by atoms with Gasteiger partial charge in [0.2, 0.25) is 0 Å². The molecule has 7 nitrogen and oxygen atoms in total. The molecule has 34 heavy (non-hydrogen) atoms. The van der Waals surface area contributed by atoms with Crippen molar-refractivity contribution in [1.82, 2.24) is 9.55 Å². The van der Waals surface area contributed by atoms with Crippen LogP contribution < -0.4 is 11.0 Å². The molecule has 0 unspecified atom stereocenters. The second kappa shape index (κ2) is 11.2. The van der Waals surface area contributed by atoms with Crippen LogP contribution in [0.2, 0.25) is 16.6 Å². The number of carbonyl (C=O) groups excluding carboxylic acids is 1. The Bertz CT molecular complexity index is 1030. The van der Waals surface area contributed by atoms with Gasteiger partial charge in [0.15, 0.2) is 20.0 Å². The van der Waals surface area contributed by atoms with Gasteiger partial charge in [0.1, 0.15) is 10.8 Å². The number of amides is 1. The molecule has 1 N–H and O–H groups in total. The van der Waals surface area contributed by atoms with E-state index in [9.17, 15) is 14.0 Å². The third kappa shape index (κ3) is 5.62. The highest BCUT2D eigenvalue weighted by atomic mass is 32.2. The van der Waals surface area contributed by atoms with E-state index in [0.717, 1.165) is 6.20 Å². The maximum absolute atomic E-state index is 14.7. The zero-order chi connectivity index (χ0) is 25.0. The van der Waals surface area contributed by atoms with E-state index in [1.54, 1.807) is 30.3 Å². The molecule has 10 heteroatoms. The number of nitrogens with one attached hydrogen (secondary N) is 1. The second-order valence-electron chi connectivity index (χ2n) is 9.43. The molecule has 2 aromatic rings. The second-order valence-corrected chi connectivity index (χ2v) is 16.2. The summed E-state index contributed by atoms with van der Waals surface area (Å²) in [6.07, 6.45) is 1.08. The molecule has 0 aliphatic carbocycles. The van der Waals surface area contributed by atoms with E-state index < -0.39 is 31.1 Å². The van der Waals surface area contributed by atoms with Crippen LogP contribution in [0.4, 0.5) is 10.2 Å². The van der Waals surface area contributed by atoms with Crippen LogP contribution in [-0.2, 0) is 9.16 Å². The van der Waals surface area contributed by atoms with Gasteiger partial charge in [-0.25, -0.2) is 9.18 Å². The van der Waals surface area contributed by atoms with E-state index in [1.807, 2.05) is 0 Å². The van der Waals surface area contributed by atoms with Crippen LogP contribution in [0.5, 0.6) is 0 Å². The lowest BCUT2D eigenvalue weighted by atomic mass is 10.2. The number of rotatable bonds is 9. The zero-order valence-electron chi connectivity index (χ0n) is 20.6. The summed E-state index contributed by atoms with van der Waals surface area (Å²) in [7, 11) is -2.04. The van der Waals surface area contributed by atoms with Gasteiger partial charge in [-0.3, -0.25) is 9.36 Å². The Morgan fingerprint density at radius 3 is 2.41 bits per heavy atom. The first-order chi connectivity index (χ1) is 16.1. The fourth-order valence-corrected chi connectivity index (χ4v) is 11.6. The topological polar surface area (TPSA) is 82.4 Å². The number of carbonyl (C=O) groups is 1. The van der Waals surface area contributed by atoms with Crippen molar-refractivity contribution in [1.29, 1.82) is 0 Å². The molecule has 2 atom stereocenters. The molecule has 0 radical (unpaired) electrons. The molecule has 0 saturated carbocycles. The van der Waals surface area contributed by atoms with Gasteiger partial charge >= 0.3 is 5.69 Å². The molecule has 1 aromatic carbocycles. The van der Waals surface area contributed by atoms with Crippen molar-refractivity contribution < 1.29 is 18.3 Å². The van der Waals surface area contributed by atoms with Crippen LogP contribution >= 0.6 is 11.8 Å². The fraction of sp³-hybridized carbons (Fsp3) is 0.542. The van der Waals surface area contributed by atoms with Gasteiger partial charge in [-0.05, 0) is 28.8 Å². The number of thioether (sulfide) groups is 1. The maximum Gasteiger partial charge on any atom is 0.350 e. The lowest BCUT2D eigenvalue weighted by molar-refractivity contribution is 0.0819. The predicted molar refractivity (Wildman–Crippen MR) is 136 cm³/mol. The summed E-state index contributed by atoms with van der Waals surface area (Å²) in [5, 5.41) is 1.95. The first kappa shape index (κ1) is 26.6. The summed E-state index contributed by atoms with van der Waals surface area (Å²) in [4.78, 5) is 28.7. The van der Waals surface area contributed by atoms with Crippen molar-refractivity contribution in [2.24, 2.45) is 0 Å². The van der Waals surface area contributed by atoms with Gasteiger partial charge in [-0.15, -0.1) is 11.8 Å². The van der Waals surface area contributed by atoms with Crippen LogP contribution in [0, 0.1) is 5.82 Å². The van der Waals surface area contributed by atoms with Crippen molar-refractivity contribution in [3.05, 3.63) is 58.4 Å². The van der Waals surface area contributed by atoms with Gasteiger partial charge in [0.05, 0.1) is 13.2 Å². The lowest BCUT2D eigenvalue weighted by Gasteiger charge is -2.42. The number of anilines is 1. The average Bonchev–Trinajstić information content (AvgIpc) is 3.25. The van der Waals surface area contributed by atoms with Crippen LogP contribution in [-0.4, -0.2) is 42.4 Å². The predicted octanol–water partition coefficient (Wildman–Crippen LogP) is 5.41. The zero-order valence-corrected chi connectivity index (χ0v) is 22.4. The molecule has 1 aliphatic heterocycles. The summed E-state index contributed by atoms with van der Waals surface area (Å²) in [5.41, 5.74) is 0.806. The summed E-state index contributed by atoms with van der Waals surface area (Å²) in [5.74, 6) is -1.71. The minimum Gasteiger partial charge on any atom is -0.412 e. The Morgan fingerprint density at radius 2 is 1.82 bits per heavy atom. The highest BCUT2D eigenvalue weighted by molar-refractivity contribution is 8.00. The lowest BCUT2D eigenvalue weighted by Crippen LogP contribution is -2.48. The quantitative estimate of drug-likeness (QED) is 0.457. The smallest absolute Gasteiger partial charge is 0.350 e. The molecule has 1 amide bonds. The molecule has 1 aliphatic rings. The van der Waals surface area contributed by atoms with Gasteiger partial charge in [-0.1, -0.05) is 59.7 Å². The minimum atomic E-state index is -2.04. The molecule has 0 bridgehead atoms. The summed E-state index contributed by atoms with van der Waals surface area (Å²) < 4.78 is 28.4. The van der Waals surface area contributed by atoms with E-state index in [-0.39, 0.29) is 17.9 Å². The SMILES string of the molecule is CC(C)[Si](OC[C@H]1OC[C@@H](n2cc(F)c(NC(=O)c3ccccc3)nc2=O)S1)(C(C)C)C(C)C. The molecular formula is C24H34FN3O4SSi. The first-order valence-corrected chi connectivity index (χ1v) is 14.7. The molecule has 1 fully saturated rings. The number of ether oxygens (including phenoxy) is 1. The third-order valence-corrected chi connectivity index (χ3v) is 13.7. The highest BCUT2D eigenvalue weighted by Gasteiger charge is 2.46. The number of benzene rings is 1. The summed E-state index contributed by atoms with van der Waals surface area (Å²) in [6.45, 7) is 14.0. The summed E-state index contributed by atoms with van der Waals surface area (Å²) >= 11 is 1.42. The monoisotopic (exact) mass is 507 g/mol. The average molecular weight is 508 g/mol. The van der Waals surface area contributed by atoms with Crippen molar-refractivity contribution in [2.45, 2.75) is 69.0 Å². The number of halogens is 1. The summed E-state index contributed by atoms with van der Waals surface area (Å²) in [6, 6.07) is 8.36.